The van der Waals surface area contributed by atoms with Crippen molar-refractivity contribution in [1.82, 2.24) is 5.32 Å². The Morgan fingerprint density at radius 2 is 2.26 bits per heavy atom. The molecule has 0 saturated heterocycles. The van der Waals surface area contributed by atoms with Crippen LogP contribution in [-0.4, -0.2) is 32.2 Å². The van der Waals surface area contributed by atoms with Gasteiger partial charge in [-0.25, -0.2) is 0 Å². The summed E-state index contributed by atoms with van der Waals surface area (Å²) in [6.45, 7) is 4.59. The first-order chi connectivity index (χ1) is 9.08. The average Bonchev–Trinajstić information content (AvgIpc) is 2.42. The SMILES string of the molecule is COC(C)CNC(=O)c1ccc(C)cc1C#CCN. The van der Waals surface area contributed by atoms with Crippen LogP contribution in [0.5, 0.6) is 0 Å². The maximum absolute atomic E-state index is 12.1. The van der Waals surface area contributed by atoms with E-state index in [9.17, 15) is 4.79 Å². The Balaban J connectivity index is 2.89. The van der Waals surface area contributed by atoms with Crippen LogP contribution in [0.1, 0.15) is 28.4 Å². The molecular weight excluding hydrogens is 240 g/mol. The van der Waals surface area contributed by atoms with Crippen molar-refractivity contribution in [2.24, 2.45) is 5.73 Å². The van der Waals surface area contributed by atoms with Crippen molar-refractivity contribution in [3.8, 4) is 11.8 Å². The zero-order valence-corrected chi connectivity index (χ0v) is 11.6. The predicted molar refractivity (Wildman–Crippen MR) is 75.9 cm³/mol. The Morgan fingerprint density at radius 1 is 1.53 bits per heavy atom. The first-order valence-electron chi connectivity index (χ1n) is 6.19. The number of rotatable bonds is 4. The summed E-state index contributed by atoms with van der Waals surface area (Å²) in [6.07, 6.45) is -0.0204. The molecule has 1 atom stereocenters. The number of nitrogens with two attached hydrogens (primary N) is 1. The highest BCUT2D eigenvalue weighted by atomic mass is 16.5. The lowest BCUT2D eigenvalue weighted by atomic mass is 10.0. The van der Waals surface area contributed by atoms with Gasteiger partial charge in [-0.15, -0.1) is 0 Å². The lowest BCUT2D eigenvalue weighted by Gasteiger charge is -2.12. The van der Waals surface area contributed by atoms with Gasteiger partial charge in [0.1, 0.15) is 0 Å². The highest BCUT2D eigenvalue weighted by Crippen LogP contribution is 2.10. The summed E-state index contributed by atoms with van der Waals surface area (Å²) >= 11 is 0. The molecule has 1 rings (SSSR count). The Hall–Kier alpha value is -1.83. The molecule has 0 spiro atoms. The molecule has 3 N–H and O–H groups in total. The van der Waals surface area contributed by atoms with E-state index in [2.05, 4.69) is 17.2 Å². The van der Waals surface area contributed by atoms with Crippen LogP contribution < -0.4 is 11.1 Å². The Bertz CT molecular complexity index is 501. The molecule has 19 heavy (non-hydrogen) atoms. The topological polar surface area (TPSA) is 64.3 Å². The normalized spacial score (nSPS) is 11.4. The number of carbonyl (C=O) groups excluding carboxylic acids is 1. The van der Waals surface area contributed by atoms with Gasteiger partial charge in [0.15, 0.2) is 0 Å². The molecule has 0 saturated carbocycles. The van der Waals surface area contributed by atoms with E-state index in [4.69, 9.17) is 10.5 Å². The number of methoxy groups -OCH3 is 1. The van der Waals surface area contributed by atoms with E-state index in [0.29, 0.717) is 17.7 Å². The number of ether oxygens (including phenoxy) is 1. The van der Waals surface area contributed by atoms with Gasteiger partial charge in [0.05, 0.1) is 18.2 Å². The second-order valence-electron chi connectivity index (χ2n) is 4.31. The molecular formula is C15H20N2O2. The van der Waals surface area contributed by atoms with Crippen molar-refractivity contribution in [3.05, 3.63) is 34.9 Å². The van der Waals surface area contributed by atoms with Crippen LogP contribution >= 0.6 is 0 Å². The van der Waals surface area contributed by atoms with Crippen molar-refractivity contribution < 1.29 is 9.53 Å². The zero-order valence-electron chi connectivity index (χ0n) is 11.6. The van der Waals surface area contributed by atoms with Gasteiger partial charge in [-0.3, -0.25) is 4.79 Å². The van der Waals surface area contributed by atoms with Crippen molar-refractivity contribution in [1.29, 1.82) is 0 Å². The molecule has 0 aliphatic rings. The van der Waals surface area contributed by atoms with Crippen LogP contribution in [0.4, 0.5) is 0 Å². The van der Waals surface area contributed by atoms with Gasteiger partial charge in [-0.05, 0) is 31.5 Å². The lowest BCUT2D eigenvalue weighted by Crippen LogP contribution is -2.32. The molecule has 1 aromatic carbocycles. The van der Waals surface area contributed by atoms with Crippen molar-refractivity contribution in [2.75, 3.05) is 20.2 Å². The van der Waals surface area contributed by atoms with E-state index >= 15 is 0 Å². The summed E-state index contributed by atoms with van der Waals surface area (Å²) in [5, 5.41) is 2.82. The summed E-state index contributed by atoms with van der Waals surface area (Å²) in [5.41, 5.74) is 7.69. The molecule has 0 fully saturated rings. The summed E-state index contributed by atoms with van der Waals surface area (Å²) in [5.74, 6) is 5.56. The molecule has 0 aliphatic carbocycles. The van der Waals surface area contributed by atoms with Crippen LogP contribution in [0.15, 0.2) is 18.2 Å². The number of benzene rings is 1. The molecule has 0 heterocycles. The number of aryl methyl sites for hydroxylation is 1. The molecule has 1 amide bonds. The van der Waals surface area contributed by atoms with Gasteiger partial charge < -0.3 is 15.8 Å². The van der Waals surface area contributed by atoms with E-state index in [1.165, 1.54) is 0 Å². The van der Waals surface area contributed by atoms with Gasteiger partial charge in [0.25, 0.3) is 5.91 Å². The van der Waals surface area contributed by atoms with Crippen molar-refractivity contribution in [2.45, 2.75) is 20.0 Å². The second kappa shape index (κ2) is 7.57. The second-order valence-corrected chi connectivity index (χ2v) is 4.31. The molecule has 0 aromatic heterocycles. The number of nitrogens with one attached hydrogen (secondary N) is 1. The van der Waals surface area contributed by atoms with E-state index < -0.39 is 0 Å². The van der Waals surface area contributed by atoms with Crippen molar-refractivity contribution >= 4 is 5.91 Å². The Morgan fingerprint density at radius 3 is 2.89 bits per heavy atom. The minimum atomic E-state index is -0.148. The fourth-order valence-corrected chi connectivity index (χ4v) is 1.52. The third-order valence-corrected chi connectivity index (χ3v) is 2.70. The highest BCUT2D eigenvalue weighted by Gasteiger charge is 2.11. The van der Waals surface area contributed by atoms with Crippen LogP contribution in [0.3, 0.4) is 0 Å². The molecule has 4 heteroatoms. The van der Waals surface area contributed by atoms with Gasteiger partial charge >= 0.3 is 0 Å². The van der Waals surface area contributed by atoms with E-state index in [-0.39, 0.29) is 18.6 Å². The first-order valence-corrected chi connectivity index (χ1v) is 6.19. The van der Waals surface area contributed by atoms with E-state index in [1.54, 1.807) is 13.2 Å². The molecule has 0 radical (unpaired) electrons. The van der Waals surface area contributed by atoms with Crippen LogP contribution in [-0.2, 0) is 4.74 Å². The molecule has 102 valence electrons. The van der Waals surface area contributed by atoms with Crippen LogP contribution in [0.2, 0.25) is 0 Å². The number of carbonyl (C=O) groups is 1. The average molecular weight is 260 g/mol. The Kier molecular flexibility index (Phi) is 6.07. The summed E-state index contributed by atoms with van der Waals surface area (Å²) in [4.78, 5) is 12.1. The molecule has 1 aromatic rings. The minimum absolute atomic E-state index is 0.0204. The fraction of sp³-hybridized carbons (Fsp3) is 0.400. The standard InChI is InChI=1S/C15H20N2O2/c1-11-6-7-14(13(9-11)5-4-8-16)15(18)17-10-12(2)19-3/h6-7,9,12H,8,10,16H2,1-3H3,(H,17,18). The van der Waals surface area contributed by atoms with Crippen molar-refractivity contribution in [3.63, 3.8) is 0 Å². The lowest BCUT2D eigenvalue weighted by molar-refractivity contribution is 0.0870. The molecule has 1 unspecified atom stereocenters. The maximum atomic E-state index is 12.1. The van der Waals surface area contributed by atoms with Gasteiger partial charge in [0, 0.05) is 19.2 Å². The van der Waals surface area contributed by atoms with Gasteiger partial charge in [-0.1, -0.05) is 17.9 Å². The van der Waals surface area contributed by atoms with E-state index in [0.717, 1.165) is 5.56 Å². The highest BCUT2D eigenvalue weighted by molar-refractivity contribution is 5.96. The van der Waals surface area contributed by atoms with E-state index in [1.807, 2.05) is 26.0 Å². The zero-order chi connectivity index (χ0) is 14.3. The van der Waals surface area contributed by atoms with Crippen LogP contribution in [0, 0.1) is 18.8 Å². The third kappa shape index (κ3) is 4.74. The predicted octanol–water partition coefficient (Wildman–Crippen LogP) is 1.07. The fourth-order valence-electron chi connectivity index (χ4n) is 1.52. The number of hydrogen-bond donors (Lipinski definition) is 2. The minimum Gasteiger partial charge on any atom is -0.380 e. The third-order valence-electron chi connectivity index (χ3n) is 2.70. The molecule has 4 nitrogen and oxygen atoms in total. The summed E-state index contributed by atoms with van der Waals surface area (Å²) < 4.78 is 5.09. The molecule has 0 aliphatic heterocycles. The van der Waals surface area contributed by atoms with Gasteiger partial charge in [-0.2, -0.15) is 0 Å². The number of amides is 1. The Labute approximate surface area is 114 Å². The summed E-state index contributed by atoms with van der Waals surface area (Å²) in [7, 11) is 1.61. The first kappa shape index (κ1) is 15.2. The smallest absolute Gasteiger partial charge is 0.252 e. The number of hydrogen-bond acceptors (Lipinski definition) is 3. The largest absolute Gasteiger partial charge is 0.380 e. The van der Waals surface area contributed by atoms with Crippen LogP contribution in [0.25, 0.3) is 0 Å². The quantitative estimate of drug-likeness (QED) is 0.796. The maximum Gasteiger partial charge on any atom is 0.252 e. The van der Waals surface area contributed by atoms with Gasteiger partial charge in [0.2, 0.25) is 0 Å². The monoisotopic (exact) mass is 260 g/mol. The summed E-state index contributed by atoms with van der Waals surface area (Å²) in [6, 6.07) is 5.56. The molecule has 0 bridgehead atoms.